The van der Waals surface area contributed by atoms with Crippen LogP contribution in [0.2, 0.25) is 0 Å². The highest BCUT2D eigenvalue weighted by Gasteiger charge is 2.21. The van der Waals surface area contributed by atoms with Crippen molar-refractivity contribution in [1.29, 1.82) is 0 Å². The maximum absolute atomic E-state index is 5.21. The topological polar surface area (TPSA) is 103 Å². The highest BCUT2D eigenvalue weighted by molar-refractivity contribution is 6.27. The number of hydrogen-bond acceptors (Lipinski definition) is 8. The van der Waals surface area contributed by atoms with Crippen LogP contribution in [0.3, 0.4) is 0 Å². The lowest BCUT2D eigenvalue weighted by atomic mass is 9.89. The molecule has 0 aliphatic rings. The van der Waals surface area contributed by atoms with Crippen LogP contribution < -0.4 is 0 Å². The van der Waals surface area contributed by atoms with Crippen LogP contribution in [0.15, 0.2) is 182 Å². The number of hydrogen-bond donors (Lipinski definition) is 0. The van der Waals surface area contributed by atoms with Crippen molar-refractivity contribution in [1.82, 2.24) is 39.9 Å². The summed E-state index contributed by atoms with van der Waals surface area (Å²) in [4.78, 5) is 40.1. The van der Waals surface area contributed by atoms with Gasteiger partial charge in [-0.15, -0.1) is 0 Å². The Morgan fingerprint density at radius 3 is 1.07 bits per heavy atom. The largest absolute Gasteiger partial charge is 0.256 e. The van der Waals surface area contributed by atoms with Crippen LogP contribution in [-0.4, -0.2) is 39.9 Å². The molecule has 0 aliphatic heterocycles. The summed E-state index contributed by atoms with van der Waals surface area (Å²) in [6.45, 7) is 0. The molecule has 8 aromatic carbocycles. The van der Waals surface area contributed by atoms with Gasteiger partial charge in [-0.1, -0.05) is 133 Å². The van der Waals surface area contributed by atoms with Crippen molar-refractivity contribution < 1.29 is 0 Å². The molecule has 8 nitrogen and oxygen atoms in total. The van der Waals surface area contributed by atoms with Gasteiger partial charge in [0, 0.05) is 56.5 Å². The van der Waals surface area contributed by atoms with Gasteiger partial charge < -0.3 is 0 Å². The highest BCUT2D eigenvalue weighted by atomic mass is 15.0. The minimum Gasteiger partial charge on any atom is -0.256 e. The number of pyridine rings is 2. The van der Waals surface area contributed by atoms with Crippen molar-refractivity contribution in [2.24, 2.45) is 0 Å². The van der Waals surface area contributed by atoms with Gasteiger partial charge in [-0.2, -0.15) is 0 Å². The van der Waals surface area contributed by atoms with Crippen molar-refractivity contribution >= 4 is 54.1 Å². The van der Waals surface area contributed by atoms with Crippen LogP contribution >= 0.6 is 0 Å². The van der Waals surface area contributed by atoms with Gasteiger partial charge in [-0.3, -0.25) is 9.97 Å². The zero-order valence-electron chi connectivity index (χ0n) is 31.9. The molecule has 0 unspecified atom stereocenters. The molecule has 0 N–H and O–H groups in total. The lowest BCUT2D eigenvalue weighted by Crippen LogP contribution is -2.02. The molecule has 12 rings (SSSR count). The molecule has 4 aromatic heterocycles. The molecule has 0 aliphatic carbocycles. The van der Waals surface area contributed by atoms with Crippen LogP contribution in [0.1, 0.15) is 0 Å². The third kappa shape index (κ3) is 5.54. The number of aromatic nitrogens is 8. The van der Waals surface area contributed by atoms with Crippen molar-refractivity contribution in [3.8, 4) is 68.3 Å². The van der Waals surface area contributed by atoms with Crippen LogP contribution in [-0.2, 0) is 0 Å². The van der Waals surface area contributed by atoms with Crippen LogP contribution in [0.5, 0.6) is 0 Å². The zero-order valence-corrected chi connectivity index (χ0v) is 31.9. The van der Waals surface area contributed by atoms with Crippen LogP contribution in [0.25, 0.3) is 122 Å². The van der Waals surface area contributed by atoms with E-state index in [0.717, 1.165) is 87.5 Å². The molecule has 0 saturated heterocycles. The van der Waals surface area contributed by atoms with Gasteiger partial charge >= 0.3 is 0 Å². The molecule has 8 heteroatoms. The summed E-state index contributed by atoms with van der Waals surface area (Å²) >= 11 is 0. The normalized spacial score (nSPS) is 11.7. The number of benzene rings is 8. The fourth-order valence-electron chi connectivity index (χ4n) is 8.45. The molecule has 0 amide bonds. The lowest BCUT2D eigenvalue weighted by Gasteiger charge is -2.17. The number of fused-ring (bicyclic) bond motifs is 2. The molecule has 60 heavy (non-hydrogen) atoms. The first-order chi connectivity index (χ1) is 29.7. The van der Waals surface area contributed by atoms with E-state index < -0.39 is 0 Å². The monoisotopic (exact) mass is 766 g/mol. The second-order valence-electron chi connectivity index (χ2n) is 14.7. The predicted molar refractivity (Wildman–Crippen MR) is 240 cm³/mol. The highest BCUT2D eigenvalue weighted by Crippen LogP contribution is 2.42. The van der Waals surface area contributed by atoms with Crippen molar-refractivity contribution in [2.45, 2.75) is 0 Å². The molecule has 12 aromatic rings. The van der Waals surface area contributed by atoms with E-state index in [1.54, 1.807) is 12.4 Å². The molecule has 0 bridgehead atoms. The molecule has 278 valence electrons. The van der Waals surface area contributed by atoms with Gasteiger partial charge in [0.25, 0.3) is 0 Å². The lowest BCUT2D eigenvalue weighted by molar-refractivity contribution is 1.08. The van der Waals surface area contributed by atoms with Crippen molar-refractivity contribution in [2.75, 3.05) is 0 Å². The summed E-state index contributed by atoms with van der Waals surface area (Å²) < 4.78 is 0. The van der Waals surface area contributed by atoms with Crippen LogP contribution in [0, 0.1) is 0 Å². The van der Waals surface area contributed by atoms with E-state index in [9.17, 15) is 0 Å². The van der Waals surface area contributed by atoms with E-state index in [-0.39, 0.29) is 0 Å². The number of rotatable bonds is 6. The summed E-state index contributed by atoms with van der Waals surface area (Å²) in [5.74, 6) is 3.58. The Labute approximate surface area is 343 Å². The van der Waals surface area contributed by atoms with Crippen molar-refractivity contribution in [3.63, 3.8) is 0 Å². The van der Waals surface area contributed by atoms with Gasteiger partial charge in [0.15, 0.2) is 34.9 Å². The Morgan fingerprint density at radius 2 is 0.633 bits per heavy atom. The molecule has 4 heterocycles. The van der Waals surface area contributed by atoms with Gasteiger partial charge in [0.1, 0.15) is 0 Å². The minimum absolute atomic E-state index is 0.590. The molecule has 0 radical (unpaired) electrons. The summed E-state index contributed by atoms with van der Waals surface area (Å²) in [5, 5.41) is 8.53. The standard InChI is InChI=1S/C52H30N8/c1-3-11-33(12-4-1)47-55-49(39-15-7-19-43-35(39)17-9-29-53-43)59-51(57-47)41-27-23-31-22-26-38-42(28-24-32-21-25-37(41)45(31)46(32)38)52-58-48(34-13-5-2-6-14-34)56-50(60-52)40-16-8-20-44-36(40)18-10-30-54-44/h1-30H. The molecule has 0 fully saturated rings. The Bertz CT molecular complexity index is 3360. The Kier molecular flexibility index (Phi) is 7.67. The first-order valence-electron chi connectivity index (χ1n) is 19.8. The van der Waals surface area contributed by atoms with Crippen molar-refractivity contribution in [3.05, 3.63) is 182 Å². The van der Waals surface area contributed by atoms with E-state index in [1.165, 1.54) is 0 Å². The Morgan fingerprint density at radius 1 is 0.250 bits per heavy atom. The third-order valence-corrected chi connectivity index (χ3v) is 11.3. The molecular weight excluding hydrogens is 737 g/mol. The first kappa shape index (κ1) is 33.7. The smallest absolute Gasteiger partial charge is 0.164 e. The Balaban J connectivity index is 1.09. The second-order valence-corrected chi connectivity index (χ2v) is 14.7. The quantitative estimate of drug-likeness (QED) is 0.154. The Hall–Kier alpha value is -8.36. The minimum atomic E-state index is 0.590. The van der Waals surface area contributed by atoms with Crippen LogP contribution in [0.4, 0.5) is 0 Å². The summed E-state index contributed by atoms with van der Waals surface area (Å²) in [5.41, 5.74) is 7.22. The molecular formula is C52H30N8. The fraction of sp³-hybridized carbons (Fsp3) is 0. The summed E-state index contributed by atoms with van der Waals surface area (Å²) in [7, 11) is 0. The SMILES string of the molecule is c1ccc(-c2nc(-c3cccc4ncccc34)nc(-c3ccc4ccc5c(-c6nc(-c7ccccc7)nc(-c7cccc8ncccc78)n6)ccc6ccc3c4c65)n2)cc1. The van der Waals surface area contributed by atoms with Gasteiger partial charge in [0.2, 0.25) is 0 Å². The maximum atomic E-state index is 5.21. The maximum Gasteiger partial charge on any atom is 0.164 e. The molecule has 0 spiro atoms. The van der Waals surface area contributed by atoms with Gasteiger partial charge in [-0.25, -0.2) is 29.9 Å². The summed E-state index contributed by atoms with van der Waals surface area (Å²) in [6.07, 6.45) is 3.61. The average molecular weight is 767 g/mol. The van der Waals surface area contributed by atoms with Gasteiger partial charge in [0.05, 0.1) is 11.0 Å². The van der Waals surface area contributed by atoms with E-state index in [1.807, 2.05) is 97.1 Å². The number of nitrogens with zero attached hydrogens (tertiary/aromatic N) is 8. The first-order valence-corrected chi connectivity index (χ1v) is 19.8. The summed E-state index contributed by atoms with van der Waals surface area (Å²) in [6, 6.07) is 57.6. The molecule has 0 atom stereocenters. The van der Waals surface area contributed by atoms with E-state index in [4.69, 9.17) is 29.9 Å². The predicted octanol–water partition coefficient (Wildman–Crippen LogP) is 12.1. The van der Waals surface area contributed by atoms with E-state index in [2.05, 4.69) is 82.8 Å². The van der Waals surface area contributed by atoms with E-state index in [0.29, 0.717) is 34.9 Å². The second kappa shape index (κ2) is 13.6. The van der Waals surface area contributed by atoms with E-state index >= 15 is 0 Å². The third-order valence-electron chi connectivity index (χ3n) is 11.3. The fourth-order valence-corrected chi connectivity index (χ4v) is 8.45. The average Bonchev–Trinajstić information content (AvgIpc) is 3.33. The molecule has 0 saturated carbocycles. The van der Waals surface area contributed by atoms with Gasteiger partial charge in [-0.05, 0) is 68.7 Å². The zero-order chi connectivity index (χ0) is 39.6.